The second-order valence-electron chi connectivity index (χ2n) is 6.57. The van der Waals surface area contributed by atoms with Gasteiger partial charge in [-0.15, -0.1) is 0 Å². The molecule has 28 heavy (non-hydrogen) atoms. The number of hydrogen-bond donors (Lipinski definition) is 3. The van der Waals surface area contributed by atoms with E-state index in [-0.39, 0.29) is 5.71 Å². The molecule has 1 aromatic heterocycles. The molecule has 3 N–H and O–H groups in total. The van der Waals surface area contributed by atoms with Crippen LogP contribution in [0.1, 0.15) is 11.1 Å². The molecule has 0 spiro atoms. The fraction of sp³-hybridized carbons (Fsp3) is 0.400. The zero-order valence-electron chi connectivity index (χ0n) is 15.8. The van der Waals surface area contributed by atoms with E-state index in [1.165, 1.54) is 0 Å². The number of aliphatic hydroxyl groups is 1. The number of halogens is 1. The van der Waals surface area contributed by atoms with Crippen LogP contribution in [0.5, 0.6) is 5.75 Å². The standard InChI is InChI=1S/C20H25ClN4O3/c1-27-15-4-2-14(3-5-15)12-23-20-16(6-7-18(21)24-20)19(22)17(26)13-25-8-10-28-11-9-25/h2-7,17,22,26H,8-13H2,1H3,(H,23,24). The molecule has 2 aromatic rings. The largest absolute Gasteiger partial charge is 0.497 e. The molecule has 0 bridgehead atoms. The summed E-state index contributed by atoms with van der Waals surface area (Å²) in [5, 5.41) is 22.6. The van der Waals surface area contributed by atoms with Crippen molar-refractivity contribution in [3.63, 3.8) is 0 Å². The Morgan fingerprint density at radius 2 is 2.00 bits per heavy atom. The molecule has 1 aliphatic heterocycles. The maximum atomic E-state index is 10.6. The van der Waals surface area contributed by atoms with Crippen LogP contribution in [0.3, 0.4) is 0 Å². The number of ether oxygens (including phenoxy) is 2. The molecule has 1 unspecified atom stereocenters. The van der Waals surface area contributed by atoms with Gasteiger partial charge in [-0.3, -0.25) is 4.90 Å². The lowest BCUT2D eigenvalue weighted by Gasteiger charge is -2.29. The summed E-state index contributed by atoms with van der Waals surface area (Å²) < 4.78 is 10.5. The molecule has 150 valence electrons. The molecule has 8 heteroatoms. The summed E-state index contributed by atoms with van der Waals surface area (Å²) in [5.74, 6) is 1.27. The summed E-state index contributed by atoms with van der Waals surface area (Å²) in [6.07, 6.45) is -0.914. The molecule has 0 saturated carbocycles. The molecule has 1 saturated heterocycles. The number of hydrogen-bond acceptors (Lipinski definition) is 7. The minimum absolute atomic E-state index is 0.118. The third kappa shape index (κ3) is 5.42. The van der Waals surface area contributed by atoms with Gasteiger partial charge in [0.05, 0.1) is 26.0 Å². The SMILES string of the molecule is COc1ccc(CNc2nc(Cl)ccc2C(=N)C(O)CN2CCOCC2)cc1. The lowest BCUT2D eigenvalue weighted by molar-refractivity contribution is 0.0246. The molecule has 0 amide bonds. The van der Waals surface area contributed by atoms with Gasteiger partial charge < -0.3 is 25.3 Å². The summed E-state index contributed by atoms with van der Waals surface area (Å²) in [6, 6.07) is 11.0. The molecule has 1 atom stereocenters. The van der Waals surface area contributed by atoms with Gasteiger partial charge in [-0.25, -0.2) is 4.98 Å². The quantitative estimate of drug-likeness (QED) is 0.462. The Kier molecular flexibility index (Phi) is 7.22. The predicted octanol–water partition coefficient (Wildman–Crippen LogP) is 2.42. The Morgan fingerprint density at radius 1 is 1.29 bits per heavy atom. The molecule has 1 fully saturated rings. The minimum Gasteiger partial charge on any atom is -0.497 e. The molecule has 3 rings (SSSR count). The van der Waals surface area contributed by atoms with E-state index in [9.17, 15) is 5.11 Å². The fourth-order valence-corrected chi connectivity index (χ4v) is 3.16. The van der Waals surface area contributed by atoms with E-state index in [1.54, 1.807) is 19.2 Å². The van der Waals surface area contributed by atoms with Gasteiger partial charge in [0, 0.05) is 31.7 Å². The van der Waals surface area contributed by atoms with Gasteiger partial charge >= 0.3 is 0 Å². The van der Waals surface area contributed by atoms with Crippen molar-refractivity contribution in [2.24, 2.45) is 0 Å². The van der Waals surface area contributed by atoms with Gasteiger partial charge in [0.2, 0.25) is 0 Å². The van der Waals surface area contributed by atoms with Crippen LogP contribution in [0.4, 0.5) is 5.82 Å². The van der Waals surface area contributed by atoms with E-state index in [4.69, 9.17) is 26.5 Å². The van der Waals surface area contributed by atoms with Crippen LogP contribution in [-0.2, 0) is 11.3 Å². The van der Waals surface area contributed by atoms with Crippen molar-refractivity contribution >= 4 is 23.1 Å². The van der Waals surface area contributed by atoms with Crippen LogP contribution in [0.15, 0.2) is 36.4 Å². The highest BCUT2D eigenvalue weighted by Gasteiger charge is 2.21. The Balaban J connectivity index is 1.68. The minimum atomic E-state index is -0.914. The molecule has 1 aromatic carbocycles. The number of benzene rings is 1. The molecular formula is C20H25ClN4O3. The topological polar surface area (TPSA) is 90.7 Å². The number of rotatable bonds is 8. The molecule has 7 nitrogen and oxygen atoms in total. The highest BCUT2D eigenvalue weighted by atomic mass is 35.5. The van der Waals surface area contributed by atoms with Crippen LogP contribution in [0.2, 0.25) is 5.15 Å². The normalized spacial score (nSPS) is 15.8. The zero-order chi connectivity index (χ0) is 19.9. The number of anilines is 1. The van der Waals surface area contributed by atoms with E-state index in [1.807, 2.05) is 24.3 Å². The Bertz CT molecular complexity index is 795. The Labute approximate surface area is 169 Å². The van der Waals surface area contributed by atoms with Crippen molar-refractivity contribution in [2.75, 3.05) is 45.3 Å². The third-order valence-corrected chi connectivity index (χ3v) is 4.85. The highest BCUT2D eigenvalue weighted by molar-refractivity contribution is 6.29. The summed E-state index contributed by atoms with van der Waals surface area (Å²) in [5.41, 5.74) is 1.69. The van der Waals surface area contributed by atoms with Crippen molar-refractivity contribution in [3.05, 3.63) is 52.7 Å². The van der Waals surface area contributed by atoms with Crippen LogP contribution in [-0.4, -0.2) is 66.8 Å². The number of pyridine rings is 1. The predicted molar refractivity (Wildman–Crippen MR) is 110 cm³/mol. The number of nitrogens with one attached hydrogen (secondary N) is 2. The van der Waals surface area contributed by atoms with Crippen molar-refractivity contribution < 1.29 is 14.6 Å². The summed E-state index contributed by atoms with van der Waals surface area (Å²) in [6.45, 7) is 3.71. The number of nitrogens with zero attached hydrogens (tertiary/aromatic N) is 2. The monoisotopic (exact) mass is 404 g/mol. The highest BCUT2D eigenvalue weighted by Crippen LogP contribution is 2.20. The first-order chi connectivity index (χ1) is 13.6. The van der Waals surface area contributed by atoms with Gasteiger partial charge in [-0.2, -0.15) is 0 Å². The maximum absolute atomic E-state index is 10.6. The van der Waals surface area contributed by atoms with E-state index < -0.39 is 6.10 Å². The first kappa shape index (κ1) is 20.5. The average Bonchev–Trinajstić information content (AvgIpc) is 2.73. The smallest absolute Gasteiger partial charge is 0.137 e. The lowest BCUT2D eigenvalue weighted by atomic mass is 10.1. The van der Waals surface area contributed by atoms with Gasteiger partial charge in [0.25, 0.3) is 0 Å². The molecular weight excluding hydrogens is 380 g/mol. The van der Waals surface area contributed by atoms with Gasteiger partial charge in [-0.05, 0) is 29.8 Å². The van der Waals surface area contributed by atoms with Crippen LogP contribution < -0.4 is 10.1 Å². The second-order valence-corrected chi connectivity index (χ2v) is 6.96. The summed E-state index contributed by atoms with van der Waals surface area (Å²) >= 11 is 6.06. The third-order valence-electron chi connectivity index (χ3n) is 4.64. The Morgan fingerprint density at radius 3 is 2.68 bits per heavy atom. The van der Waals surface area contributed by atoms with Crippen molar-refractivity contribution in [2.45, 2.75) is 12.6 Å². The second kappa shape index (κ2) is 9.84. The molecule has 0 aliphatic carbocycles. The number of aromatic nitrogens is 1. The number of β-amino-alcohol motifs (C(OH)–C–C–N with tert-alkyl or cyclic N) is 1. The number of aliphatic hydroxyl groups excluding tert-OH is 1. The van der Waals surface area contributed by atoms with Crippen molar-refractivity contribution in [1.29, 1.82) is 5.41 Å². The fourth-order valence-electron chi connectivity index (χ4n) is 3.02. The van der Waals surface area contributed by atoms with Gasteiger partial charge in [-0.1, -0.05) is 23.7 Å². The first-order valence-corrected chi connectivity index (χ1v) is 9.55. The van der Waals surface area contributed by atoms with Crippen LogP contribution >= 0.6 is 11.6 Å². The lowest BCUT2D eigenvalue weighted by Crippen LogP contribution is -2.43. The maximum Gasteiger partial charge on any atom is 0.137 e. The average molecular weight is 405 g/mol. The van der Waals surface area contributed by atoms with Crippen LogP contribution in [0, 0.1) is 5.41 Å². The van der Waals surface area contributed by atoms with Crippen molar-refractivity contribution in [3.8, 4) is 5.75 Å². The molecule has 1 aliphatic rings. The number of methoxy groups -OCH3 is 1. The van der Waals surface area contributed by atoms with Crippen LogP contribution in [0.25, 0.3) is 0 Å². The van der Waals surface area contributed by atoms with Gasteiger partial charge in [0.1, 0.15) is 22.8 Å². The van der Waals surface area contributed by atoms with E-state index >= 15 is 0 Å². The Hall–Kier alpha value is -2.19. The van der Waals surface area contributed by atoms with Gasteiger partial charge in [0.15, 0.2) is 0 Å². The molecule has 0 radical (unpaired) electrons. The zero-order valence-corrected chi connectivity index (χ0v) is 16.6. The first-order valence-electron chi connectivity index (χ1n) is 9.17. The summed E-state index contributed by atoms with van der Waals surface area (Å²) in [7, 11) is 1.63. The molecule has 2 heterocycles. The van der Waals surface area contributed by atoms with E-state index in [0.29, 0.717) is 42.8 Å². The van der Waals surface area contributed by atoms with E-state index in [0.717, 1.165) is 24.4 Å². The number of morpholine rings is 1. The van der Waals surface area contributed by atoms with Crippen molar-refractivity contribution in [1.82, 2.24) is 9.88 Å². The summed E-state index contributed by atoms with van der Waals surface area (Å²) in [4.78, 5) is 6.41. The van der Waals surface area contributed by atoms with E-state index in [2.05, 4.69) is 15.2 Å².